The van der Waals surface area contributed by atoms with E-state index in [0.29, 0.717) is 6.10 Å². The molecule has 3 rings (SSSR count). The molecule has 1 N–H and O–H groups in total. The Hall–Kier alpha value is -1.85. The van der Waals surface area contributed by atoms with Crippen LogP contribution in [-0.2, 0) is 28.7 Å². The third-order valence-corrected chi connectivity index (χ3v) is 5.47. The lowest BCUT2D eigenvalue weighted by molar-refractivity contribution is 0.210. The van der Waals surface area contributed by atoms with Crippen LogP contribution in [0.5, 0.6) is 5.75 Å². The van der Waals surface area contributed by atoms with E-state index in [0.717, 1.165) is 42.8 Å². The molecule has 0 bridgehead atoms. The summed E-state index contributed by atoms with van der Waals surface area (Å²) in [5.74, 6) is 1.05. The highest BCUT2D eigenvalue weighted by Crippen LogP contribution is 2.24. The molecule has 0 spiro atoms. The number of nitrogens with one attached hydrogen (secondary N) is 1. The van der Waals surface area contributed by atoms with Crippen molar-refractivity contribution < 1.29 is 13.2 Å². The van der Waals surface area contributed by atoms with Crippen LogP contribution in [0.3, 0.4) is 0 Å². The molecule has 0 radical (unpaired) electrons. The van der Waals surface area contributed by atoms with E-state index in [9.17, 15) is 8.42 Å². The molecule has 0 saturated heterocycles. The zero-order valence-electron chi connectivity index (χ0n) is 15.3. The normalized spacial score (nSPS) is 15.3. The third kappa shape index (κ3) is 6.15. The standard InChI is InChI=1S/C21H27NO3S/c1-26(23,24)16-18-11-9-17(10-12-18)14-22-15-19-5-4-8-21(13-19)25-20-6-2-3-7-20/h4-5,8-13,20,22H,2-3,6-7,14-16H2,1H3. The number of hydrogen-bond donors (Lipinski definition) is 1. The molecule has 1 fully saturated rings. The Kier molecular flexibility index (Phi) is 6.33. The molecule has 4 nitrogen and oxygen atoms in total. The second-order valence-electron chi connectivity index (χ2n) is 7.16. The molecular weight excluding hydrogens is 346 g/mol. The summed E-state index contributed by atoms with van der Waals surface area (Å²) >= 11 is 0. The summed E-state index contributed by atoms with van der Waals surface area (Å²) in [6, 6.07) is 16.0. The largest absolute Gasteiger partial charge is 0.490 e. The van der Waals surface area contributed by atoms with Gasteiger partial charge < -0.3 is 10.1 Å². The molecule has 5 heteroatoms. The summed E-state index contributed by atoms with van der Waals surface area (Å²) in [4.78, 5) is 0. The van der Waals surface area contributed by atoms with Gasteiger partial charge in [0.25, 0.3) is 0 Å². The Bertz CT molecular complexity index is 809. The number of rotatable bonds is 8. The van der Waals surface area contributed by atoms with Gasteiger partial charge in [-0.15, -0.1) is 0 Å². The number of ether oxygens (including phenoxy) is 1. The zero-order valence-corrected chi connectivity index (χ0v) is 16.1. The predicted molar refractivity (Wildman–Crippen MR) is 105 cm³/mol. The maximum Gasteiger partial charge on any atom is 0.151 e. The molecule has 2 aromatic carbocycles. The summed E-state index contributed by atoms with van der Waals surface area (Å²) in [6.45, 7) is 1.51. The number of hydrogen-bond acceptors (Lipinski definition) is 4. The van der Waals surface area contributed by atoms with Crippen LogP contribution < -0.4 is 10.1 Å². The minimum atomic E-state index is -2.98. The Balaban J connectivity index is 1.48. The van der Waals surface area contributed by atoms with Gasteiger partial charge in [-0.3, -0.25) is 0 Å². The summed E-state index contributed by atoms with van der Waals surface area (Å²) < 4.78 is 28.7. The van der Waals surface area contributed by atoms with E-state index in [4.69, 9.17) is 4.74 Å². The minimum Gasteiger partial charge on any atom is -0.490 e. The third-order valence-electron chi connectivity index (χ3n) is 4.61. The van der Waals surface area contributed by atoms with Gasteiger partial charge in [0.1, 0.15) is 5.75 Å². The molecule has 1 aliphatic rings. The molecule has 0 aromatic heterocycles. The topological polar surface area (TPSA) is 55.4 Å². The highest BCUT2D eigenvalue weighted by Gasteiger charge is 2.16. The lowest BCUT2D eigenvalue weighted by Gasteiger charge is -2.14. The maximum absolute atomic E-state index is 11.3. The fourth-order valence-electron chi connectivity index (χ4n) is 3.33. The van der Waals surface area contributed by atoms with Crippen LogP contribution in [0.15, 0.2) is 48.5 Å². The van der Waals surface area contributed by atoms with Gasteiger partial charge in [-0.05, 0) is 54.5 Å². The van der Waals surface area contributed by atoms with Crippen molar-refractivity contribution in [3.8, 4) is 5.75 Å². The van der Waals surface area contributed by atoms with Crippen LogP contribution in [0, 0.1) is 0 Å². The molecule has 140 valence electrons. The average Bonchev–Trinajstić information content (AvgIpc) is 3.08. The first-order chi connectivity index (χ1) is 12.5. The highest BCUT2D eigenvalue weighted by atomic mass is 32.2. The van der Waals surface area contributed by atoms with Gasteiger partial charge in [-0.2, -0.15) is 0 Å². The monoisotopic (exact) mass is 373 g/mol. The Morgan fingerprint density at radius 2 is 1.62 bits per heavy atom. The van der Waals surface area contributed by atoms with Crippen molar-refractivity contribution in [1.82, 2.24) is 5.32 Å². The molecule has 26 heavy (non-hydrogen) atoms. The molecule has 0 aliphatic heterocycles. The van der Waals surface area contributed by atoms with Crippen molar-refractivity contribution in [3.05, 3.63) is 65.2 Å². The number of sulfone groups is 1. The van der Waals surface area contributed by atoms with Crippen molar-refractivity contribution in [3.63, 3.8) is 0 Å². The molecule has 2 aromatic rings. The summed E-state index contributed by atoms with van der Waals surface area (Å²) in [5.41, 5.74) is 3.17. The zero-order chi connectivity index (χ0) is 18.4. The smallest absolute Gasteiger partial charge is 0.151 e. The van der Waals surface area contributed by atoms with E-state index in [-0.39, 0.29) is 5.75 Å². The predicted octanol–water partition coefficient (Wildman–Crippen LogP) is 3.84. The highest BCUT2D eigenvalue weighted by molar-refractivity contribution is 7.89. The molecule has 1 aliphatic carbocycles. The van der Waals surface area contributed by atoms with E-state index in [2.05, 4.69) is 17.4 Å². The van der Waals surface area contributed by atoms with Gasteiger partial charge in [0, 0.05) is 19.3 Å². The van der Waals surface area contributed by atoms with Crippen molar-refractivity contribution in [1.29, 1.82) is 0 Å². The first-order valence-corrected chi connectivity index (χ1v) is 11.3. The first-order valence-electron chi connectivity index (χ1n) is 9.20. The lowest BCUT2D eigenvalue weighted by Crippen LogP contribution is -2.14. The lowest BCUT2D eigenvalue weighted by atomic mass is 10.1. The van der Waals surface area contributed by atoms with Crippen molar-refractivity contribution in [2.45, 2.75) is 50.6 Å². The van der Waals surface area contributed by atoms with Crippen LogP contribution in [0.25, 0.3) is 0 Å². The van der Waals surface area contributed by atoms with Crippen LogP contribution >= 0.6 is 0 Å². The van der Waals surface area contributed by atoms with E-state index in [1.54, 1.807) is 0 Å². The van der Waals surface area contributed by atoms with E-state index < -0.39 is 9.84 Å². The first kappa shape index (κ1) is 18.9. The Labute approximate surface area is 156 Å². The summed E-state index contributed by atoms with van der Waals surface area (Å²) in [7, 11) is -2.98. The molecule has 1 saturated carbocycles. The second-order valence-corrected chi connectivity index (χ2v) is 9.30. The van der Waals surface area contributed by atoms with Crippen LogP contribution in [0.1, 0.15) is 42.4 Å². The fourth-order valence-corrected chi connectivity index (χ4v) is 4.13. The van der Waals surface area contributed by atoms with Gasteiger partial charge in [0.05, 0.1) is 11.9 Å². The average molecular weight is 374 g/mol. The minimum absolute atomic E-state index is 0.0918. The summed E-state index contributed by atoms with van der Waals surface area (Å²) in [5, 5.41) is 3.43. The van der Waals surface area contributed by atoms with Crippen molar-refractivity contribution in [2.75, 3.05) is 6.26 Å². The van der Waals surface area contributed by atoms with Crippen LogP contribution in [0.2, 0.25) is 0 Å². The van der Waals surface area contributed by atoms with Crippen LogP contribution in [-0.4, -0.2) is 20.8 Å². The Morgan fingerprint density at radius 1 is 0.962 bits per heavy atom. The van der Waals surface area contributed by atoms with E-state index in [1.807, 2.05) is 36.4 Å². The second kappa shape index (κ2) is 8.69. The van der Waals surface area contributed by atoms with Gasteiger partial charge >= 0.3 is 0 Å². The molecular formula is C21H27NO3S. The molecule has 0 unspecified atom stereocenters. The quantitative estimate of drug-likeness (QED) is 0.764. The van der Waals surface area contributed by atoms with E-state index in [1.165, 1.54) is 24.7 Å². The van der Waals surface area contributed by atoms with Gasteiger partial charge in [0.2, 0.25) is 0 Å². The Morgan fingerprint density at radius 3 is 2.31 bits per heavy atom. The molecule has 0 heterocycles. The van der Waals surface area contributed by atoms with E-state index >= 15 is 0 Å². The van der Waals surface area contributed by atoms with Gasteiger partial charge in [-0.25, -0.2) is 8.42 Å². The number of benzene rings is 2. The molecule has 0 amide bonds. The maximum atomic E-state index is 11.3. The SMILES string of the molecule is CS(=O)(=O)Cc1ccc(CNCc2cccc(OC3CCCC3)c2)cc1. The fraction of sp³-hybridized carbons (Fsp3) is 0.429. The van der Waals surface area contributed by atoms with Crippen molar-refractivity contribution >= 4 is 9.84 Å². The van der Waals surface area contributed by atoms with Crippen LogP contribution in [0.4, 0.5) is 0 Å². The summed E-state index contributed by atoms with van der Waals surface area (Å²) in [6.07, 6.45) is 6.51. The van der Waals surface area contributed by atoms with Gasteiger partial charge in [0.15, 0.2) is 9.84 Å². The van der Waals surface area contributed by atoms with Gasteiger partial charge in [-0.1, -0.05) is 36.4 Å². The molecule has 0 atom stereocenters. The van der Waals surface area contributed by atoms with Crippen molar-refractivity contribution in [2.24, 2.45) is 0 Å².